The topological polar surface area (TPSA) is 36.1 Å². The summed E-state index contributed by atoms with van der Waals surface area (Å²) in [6.07, 6.45) is 12.5. The molecule has 3 N–H and O–H groups in total. The third kappa shape index (κ3) is 10.7. The van der Waals surface area contributed by atoms with Crippen molar-refractivity contribution in [2.24, 2.45) is 17.8 Å². The minimum absolute atomic E-state index is 0.00959. The lowest BCUT2D eigenvalue weighted by atomic mass is 9.95. The van der Waals surface area contributed by atoms with Crippen molar-refractivity contribution >= 4 is 12.2 Å². The van der Waals surface area contributed by atoms with Gasteiger partial charge < -0.3 is 16.0 Å². The van der Waals surface area contributed by atoms with Crippen LogP contribution in [0.4, 0.5) is 0 Å². The second-order valence-corrected chi connectivity index (χ2v) is 13.0. The lowest BCUT2D eigenvalue weighted by Crippen LogP contribution is -2.45. The van der Waals surface area contributed by atoms with Crippen molar-refractivity contribution in [3.8, 4) is 0 Å². The maximum atomic E-state index is 4.58. The second-order valence-electron chi connectivity index (χ2n) is 13.0. The monoisotopic (exact) mass is 565 g/mol. The summed E-state index contributed by atoms with van der Waals surface area (Å²) >= 11 is 0. The van der Waals surface area contributed by atoms with Gasteiger partial charge in [-0.05, 0) is 77.8 Å². The Labute approximate surface area is 256 Å². The first-order valence-electron chi connectivity index (χ1n) is 15.9. The molecule has 42 heavy (non-hydrogen) atoms. The maximum Gasteiger partial charge on any atom is 0.0691 e. The van der Waals surface area contributed by atoms with Gasteiger partial charge in [0.1, 0.15) is 0 Å². The van der Waals surface area contributed by atoms with Crippen LogP contribution in [0.3, 0.4) is 0 Å². The Kier molecular flexibility index (Phi) is 12.8. The third-order valence-electron chi connectivity index (χ3n) is 7.99. The number of aryl methyl sites for hydroxylation is 1. The van der Waals surface area contributed by atoms with Gasteiger partial charge in [-0.15, -0.1) is 6.58 Å². The van der Waals surface area contributed by atoms with E-state index in [4.69, 9.17) is 0 Å². The molecule has 0 saturated heterocycles. The highest BCUT2D eigenvalue weighted by Gasteiger charge is 2.22. The van der Waals surface area contributed by atoms with Gasteiger partial charge in [-0.3, -0.25) is 0 Å². The molecule has 3 unspecified atom stereocenters. The molecule has 2 aromatic carbocycles. The van der Waals surface area contributed by atoms with Crippen LogP contribution in [0.1, 0.15) is 71.4 Å². The zero-order valence-corrected chi connectivity index (χ0v) is 26.9. The number of nitrogens with one attached hydrogen (secondary N) is 3. The average Bonchev–Trinajstić information content (AvgIpc) is 2.94. The molecule has 0 radical (unpaired) electrons. The smallest absolute Gasteiger partial charge is 0.0691 e. The van der Waals surface area contributed by atoms with Crippen LogP contribution < -0.4 is 26.4 Å². The molecule has 3 rings (SSSR count). The Balaban J connectivity index is 1.80. The highest BCUT2D eigenvalue weighted by molar-refractivity contribution is 5.41. The molecule has 3 nitrogen and oxygen atoms in total. The van der Waals surface area contributed by atoms with E-state index in [1.54, 1.807) is 0 Å². The Hall–Kier alpha value is -3.46. The van der Waals surface area contributed by atoms with E-state index in [9.17, 15) is 0 Å². The molecule has 0 fully saturated rings. The fourth-order valence-corrected chi connectivity index (χ4v) is 5.67. The third-order valence-corrected chi connectivity index (χ3v) is 7.99. The van der Waals surface area contributed by atoms with Crippen LogP contribution in [0.25, 0.3) is 12.2 Å². The van der Waals surface area contributed by atoms with Crippen molar-refractivity contribution in [1.82, 2.24) is 16.0 Å². The molecule has 226 valence electrons. The molecule has 0 aliphatic heterocycles. The first-order valence-corrected chi connectivity index (χ1v) is 15.9. The van der Waals surface area contributed by atoms with Gasteiger partial charge in [0.2, 0.25) is 0 Å². The highest BCUT2D eigenvalue weighted by Crippen LogP contribution is 2.18. The average molecular weight is 566 g/mol. The van der Waals surface area contributed by atoms with E-state index in [0.29, 0.717) is 17.8 Å². The minimum atomic E-state index is -0.00959. The van der Waals surface area contributed by atoms with E-state index in [2.05, 4.69) is 138 Å². The van der Waals surface area contributed by atoms with E-state index in [1.807, 2.05) is 6.08 Å². The summed E-state index contributed by atoms with van der Waals surface area (Å²) in [5.74, 6) is 1.65. The minimum Gasteiger partial charge on any atom is -0.381 e. The fraction of sp³-hybridized carbons (Fsp3) is 0.436. The first-order chi connectivity index (χ1) is 20.0. The summed E-state index contributed by atoms with van der Waals surface area (Å²) in [6.45, 7) is 28.8. The molecular weight excluding hydrogens is 510 g/mol. The van der Waals surface area contributed by atoms with Crippen molar-refractivity contribution in [2.75, 3.05) is 0 Å². The summed E-state index contributed by atoms with van der Waals surface area (Å²) in [5.41, 5.74) is 5.60. The molecule has 0 heterocycles. The van der Waals surface area contributed by atoms with Crippen molar-refractivity contribution in [1.29, 1.82) is 0 Å². The van der Waals surface area contributed by atoms with Crippen LogP contribution in [-0.2, 0) is 12.8 Å². The zero-order valence-electron chi connectivity index (χ0n) is 26.9. The van der Waals surface area contributed by atoms with E-state index < -0.39 is 0 Å². The molecule has 0 bridgehead atoms. The molecule has 1 aliphatic carbocycles. The van der Waals surface area contributed by atoms with Crippen molar-refractivity contribution < 1.29 is 0 Å². The zero-order chi connectivity index (χ0) is 30.6. The number of fused-ring (bicyclic) bond motifs is 1. The highest BCUT2D eigenvalue weighted by atomic mass is 15.1. The predicted molar refractivity (Wildman–Crippen MR) is 184 cm³/mol. The quantitative estimate of drug-likeness (QED) is 0.168. The van der Waals surface area contributed by atoms with E-state index >= 15 is 0 Å². The first kappa shape index (κ1) is 33.0. The number of allylic oxidation sites excluding steroid dienone is 1. The SMILES string of the molecule is C=CC(CC(C)C)NC(=C)[C@H](CC(C)C)NC(=C)C(Cc1ccc2c(c1)=CC(C)CC=2)NC(=C)CCc1ccccc1. The number of benzene rings is 2. The summed E-state index contributed by atoms with van der Waals surface area (Å²) < 4.78 is 0. The maximum absolute atomic E-state index is 4.58. The summed E-state index contributed by atoms with van der Waals surface area (Å²) in [6, 6.07) is 17.7. The van der Waals surface area contributed by atoms with E-state index in [1.165, 1.54) is 21.6 Å². The van der Waals surface area contributed by atoms with Gasteiger partial charge in [-0.2, -0.15) is 0 Å². The van der Waals surface area contributed by atoms with Gasteiger partial charge >= 0.3 is 0 Å². The summed E-state index contributed by atoms with van der Waals surface area (Å²) in [4.78, 5) is 0. The van der Waals surface area contributed by atoms with Gasteiger partial charge in [-0.25, -0.2) is 0 Å². The molecule has 0 amide bonds. The van der Waals surface area contributed by atoms with Crippen LogP contribution in [-0.4, -0.2) is 18.1 Å². The Morgan fingerprint density at radius 1 is 0.833 bits per heavy atom. The predicted octanol–water partition coefficient (Wildman–Crippen LogP) is 7.16. The molecule has 3 heteroatoms. The summed E-state index contributed by atoms with van der Waals surface area (Å²) in [5, 5.41) is 13.9. The standard InChI is InChI=1S/C39H55N3/c1-10-37(22-27(2)3)41-31(8)38(23-28(4)5)42-32(9)39(40-30(7)17-18-33-14-12-11-13-15-33)26-34-19-21-35-20-16-29(6)24-36(35)25-34/h10-15,19-21,24-25,27-29,37-42H,1,7-9,16-18,22-23,26H2,2-6H3/t29?,37?,38-,39?/m0/s1. The van der Waals surface area contributed by atoms with Gasteiger partial charge in [0.15, 0.2) is 0 Å². The largest absolute Gasteiger partial charge is 0.381 e. The number of hydrogen-bond donors (Lipinski definition) is 3. The molecule has 2 aromatic rings. The normalized spacial score (nSPS) is 16.3. The van der Waals surface area contributed by atoms with Crippen LogP contribution in [0.15, 0.2) is 98.0 Å². The molecule has 0 aromatic heterocycles. The molecule has 0 spiro atoms. The Morgan fingerprint density at radius 3 is 2.19 bits per heavy atom. The van der Waals surface area contributed by atoms with Crippen LogP contribution in [0.2, 0.25) is 0 Å². The van der Waals surface area contributed by atoms with Crippen molar-refractivity contribution in [3.63, 3.8) is 0 Å². The fourth-order valence-electron chi connectivity index (χ4n) is 5.67. The summed E-state index contributed by atoms with van der Waals surface area (Å²) in [7, 11) is 0. The lowest BCUT2D eigenvalue weighted by molar-refractivity contribution is 0.426. The Morgan fingerprint density at radius 2 is 1.52 bits per heavy atom. The van der Waals surface area contributed by atoms with E-state index in [-0.39, 0.29) is 18.1 Å². The molecular formula is C39H55N3. The number of hydrogen-bond acceptors (Lipinski definition) is 3. The van der Waals surface area contributed by atoms with E-state index in [0.717, 1.165) is 55.6 Å². The molecule has 4 atom stereocenters. The van der Waals surface area contributed by atoms with Crippen molar-refractivity contribution in [3.05, 3.63) is 120 Å². The molecule has 0 saturated carbocycles. The van der Waals surface area contributed by atoms with Gasteiger partial charge in [0.25, 0.3) is 0 Å². The van der Waals surface area contributed by atoms with Gasteiger partial charge in [0, 0.05) is 23.1 Å². The van der Waals surface area contributed by atoms with Gasteiger partial charge in [0.05, 0.1) is 12.1 Å². The van der Waals surface area contributed by atoms with Crippen LogP contribution >= 0.6 is 0 Å². The Bertz CT molecular complexity index is 1320. The van der Waals surface area contributed by atoms with Crippen LogP contribution in [0.5, 0.6) is 0 Å². The number of rotatable bonds is 18. The second kappa shape index (κ2) is 16.2. The van der Waals surface area contributed by atoms with Crippen molar-refractivity contribution in [2.45, 2.75) is 91.3 Å². The van der Waals surface area contributed by atoms with Crippen LogP contribution in [0, 0.1) is 17.8 Å². The molecule has 1 aliphatic rings. The lowest BCUT2D eigenvalue weighted by Gasteiger charge is -2.32. The van der Waals surface area contributed by atoms with Gasteiger partial charge in [-0.1, -0.05) is 121 Å².